The molecule has 1 aromatic carbocycles. The van der Waals surface area contributed by atoms with E-state index < -0.39 is 0 Å². The molecule has 1 aliphatic heterocycles. The Kier molecular flexibility index (Phi) is 5.17. The Morgan fingerprint density at radius 1 is 1.50 bits per heavy atom. The molecule has 2 N–H and O–H groups in total. The predicted molar refractivity (Wildman–Crippen MR) is 76.8 cm³/mol. The van der Waals surface area contributed by atoms with Crippen LogP contribution in [0.15, 0.2) is 27.1 Å². The van der Waals surface area contributed by atoms with Crippen LogP contribution in [0, 0.1) is 0 Å². The first-order valence-electron chi connectivity index (χ1n) is 5.72. The summed E-state index contributed by atoms with van der Waals surface area (Å²) in [4.78, 5) is 12.0. The smallest absolute Gasteiger partial charge is 0.252 e. The minimum absolute atomic E-state index is 0.0497. The molecule has 0 radical (unpaired) electrons. The molecule has 2 rings (SSSR count). The summed E-state index contributed by atoms with van der Waals surface area (Å²) in [6.07, 6.45) is 0.0497. The first-order valence-corrected chi connectivity index (χ1v) is 7.31. The van der Waals surface area contributed by atoms with Crippen molar-refractivity contribution in [2.75, 3.05) is 26.2 Å². The van der Waals surface area contributed by atoms with E-state index in [1.165, 1.54) is 0 Å². The van der Waals surface area contributed by atoms with Gasteiger partial charge in [0, 0.05) is 28.6 Å². The number of hydrogen-bond donors (Lipinski definition) is 2. The van der Waals surface area contributed by atoms with Crippen molar-refractivity contribution in [3.63, 3.8) is 0 Å². The van der Waals surface area contributed by atoms with E-state index in [-0.39, 0.29) is 12.0 Å². The average Bonchev–Trinajstić information content (AvgIpc) is 2.40. The summed E-state index contributed by atoms with van der Waals surface area (Å²) in [6.45, 7) is 2.87. The van der Waals surface area contributed by atoms with E-state index in [4.69, 9.17) is 4.74 Å². The summed E-state index contributed by atoms with van der Waals surface area (Å²) in [7, 11) is 0. The van der Waals surface area contributed by atoms with E-state index in [0.29, 0.717) is 18.7 Å². The van der Waals surface area contributed by atoms with Gasteiger partial charge in [0.15, 0.2) is 0 Å². The van der Waals surface area contributed by atoms with Crippen molar-refractivity contribution in [3.8, 4) is 0 Å². The Labute approximate surface area is 123 Å². The number of nitrogens with one attached hydrogen (secondary N) is 2. The zero-order valence-corrected chi connectivity index (χ0v) is 12.9. The fourth-order valence-corrected chi connectivity index (χ4v) is 2.51. The molecule has 0 spiro atoms. The lowest BCUT2D eigenvalue weighted by atomic mass is 10.2. The van der Waals surface area contributed by atoms with Crippen LogP contribution < -0.4 is 10.6 Å². The van der Waals surface area contributed by atoms with Crippen LogP contribution in [-0.4, -0.2) is 38.3 Å². The molecule has 0 bridgehead atoms. The van der Waals surface area contributed by atoms with Crippen molar-refractivity contribution in [3.05, 3.63) is 32.7 Å². The second-order valence-electron chi connectivity index (χ2n) is 4.03. The standard InChI is InChI=1S/C12H14Br2N2O2/c13-8-1-2-11(14)10(5-8)12(17)16-7-9-6-15-3-4-18-9/h1-2,5,9,15H,3-4,6-7H2,(H,16,17). The van der Waals surface area contributed by atoms with Gasteiger partial charge in [-0.25, -0.2) is 0 Å². The van der Waals surface area contributed by atoms with E-state index in [1.54, 1.807) is 6.07 Å². The van der Waals surface area contributed by atoms with Gasteiger partial charge in [0.1, 0.15) is 0 Å². The van der Waals surface area contributed by atoms with Crippen molar-refractivity contribution < 1.29 is 9.53 Å². The van der Waals surface area contributed by atoms with Crippen LogP contribution in [-0.2, 0) is 4.74 Å². The molecule has 1 atom stereocenters. The maximum atomic E-state index is 12.0. The number of carbonyl (C=O) groups excluding carboxylic acids is 1. The molecule has 0 aromatic heterocycles. The number of morpholine rings is 1. The van der Waals surface area contributed by atoms with Crippen molar-refractivity contribution >= 4 is 37.8 Å². The van der Waals surface area contributed by atoms with Gasteiger partial charge in [-0.05, 0) is 34.1 Å². The largest absolute Gasteiger partial charge is 0.374 e. The number of ether oxygens (including phenoxy) is 1. The van der Waals surface area contributed by atoms with Gasteiger partial charge in [-0.15, -0.1) is 0 Å². The third-order valence-corrected chi connectivity index (χ3v) is 3.85. The molecule has 1 unspecified atom stereocenters. The molecule has 0 aliphatic carbocycles. The Hall–Kier alpha value is -0.430. The molecule has 4 nitrogen and oxygen atoms in total. The Morgan fingerprint density at radius 2 is 2.33 bits per heavy atom. The van der Waals surface area contributed by atoms with Crippen LogP contribution in [0.5, 0.6) is 0 Å². The predicted octanol–water partition coefficient (Wildman–Crippen LogP) is 1.93. The lowest BCUT2D eigenvalue weighted by Gasteiger charge is -2.23. The SMILES string of the molecule is O=C(NCC1CNCCO1)c1cc(Br)ccc1Br. The van der Waals surface area contributed by atoms with Crippen molar-refractivity contribution in [1.82, 2.24) is 10.6 Å². The normalized spacial score (nSPS) is 19.6. The van der Waals surface area contributed by atoms with Crippen LogP contribution in [0.4, 0.5) is 0 Å². The second kappa shape index (κ2) is 6.65. The fourth-order valence-electron chi connectivity index (χ4n) is 1.72. The van der Waals surface area contributed by atoms with Gasteiger partial charge in [0.05, 0.1) is 18.3 Å². The highest BCUT2D eigenvalue weighted by molar-refractivity contribution is 9.11. The number of halogens is 2. The number of carbonyl (C=O) groups is 1. The maximum absolute atomic E-state index is 12.0. The minimum atomic E-state index is -0.0997. The molecule has 0 saturated carbocycles. The van der Waals surface area contributed by atoms with Gasteiger partial charge < -0.3 is 15.4 Å². The van der Waals surface area contributed by atoms with Gasteiger partial charge in [0.25, 0.3) is 5.91 Å². The van der Waals surface area contributed by atoms with Crippen molar-refractivity contribution in [2.24, 2.45) is 0 Å². The zero-order valence-electron chi connectivity index (χ0n) is 9.71. The lowest BCUT2D eigenvalue weighted by Crippen LogP contribution is -2.45. The molecule has 18 heavy (non-hydrogen) atoms. The van der Waals surface area contributed by atoms with Crippen LogP contribution in [0.2, 0.25) is 0 Å². The van der Waals surface area contributed by atoms with Crippen LogP contribution in [0.1, 0.15) is 10.4 Å². The molecule has 1 saturated heterocycles. The Bertz CT molecular complexity index is 434. The van der Waals surface area contributed by atoms with E-state index in [2.05, 4.69) is 42.5 Å². The molecule has 1 aromatic rings. The summed E-state index contributed by atoms with van der Waals surface area (Å²) in [5.41, 5.74) is 0.619. The summed E-state index contributed by atoms with van der Waals surface area (Å²) in [5.74, 6) is -0.0997. The summed E-state index contributed by atoms with van der Waals surface area (Å²) < 4.78 is 7.18. The van der Waals surface area contributed by atoms with Crippen molar-refractivity contribution in [2.45, 2.75) is 6.10 Å². The van der Waals surface area contributed by atoms with Crippen LogP contribution in [0.25, 0.3) is 0 Å². The average molecular weight is 378 g/mol. The second-order valence-corrected chi connectivity index (χ2v) is 5.80. The first-order chi connectivity index (χ1) is 8.66. The summed E-state index contributed by atoms with van der Waals surface area (Å²) in [5, 5.41) is 6.11. The highest BCUT2D eigenvalue weighted by Gasteiger charge is 2.16. The van der Waals surface area contributed by atoms with E-state index in [1.807, 2.05) is 12.1 Å². The Balaban J connectivity index is 1.92. The van der Waals surface area contributed by atoms with Gasteiger partial charge in [-0.2, -0.15) is 0 Å². The lowest BCUT2D eigenvalue weighted by molar-refractivity contribution is 0.0287. The van der Waals surface area contributed by atoms with E-state index in [0.717, 1.165) is 22.0 Å². The van der Waals surface area contributed by atoms with Crippen molar-refractivity contribution in [1.29, 1.82) is 0 Å². The van der Waals surface area contributed by atoms with E-state index >= 15 is 0 Å². The molecule has 1 fully saturated rings. The number of amides is 1. The number of rotatable bonds is 3. The van der Waals surface area contributed by atoms with Crippen LogP contribution in [0.3, 0.4) is 0 Å². The monoisotopic (exact) mass is 376 g/mol. The third-order valence-electron chi connectivity index (χ3n) is 2.67. The molecule has 1 amide bonds. The molecular weight excluding hydrogens is 364 g/mol. The van der Waals surface area contributed by atoms with Gasteiger partial charge >= 0.3 is 0 Å². The highest BCUT2D eigenvalue weighted by Crippen LogP contribution is 2.21. The number of benzene rings is 1. The zero-order chi connectivity index (χ0) is 13.0. The molecule has 6 heteroatoms. The first kappa shape index (κ1) is 14.0. The maximum Gasteiger partial charge on any atom is 0.252 e. The Morgan fingerprint density at radius 3 is 3.06 bits per heavy atom. The van der Waals surface area contributed by atoms with Gasteiger partial charge in [-0.1, -0.05) is 15.9 Å². The highest BCUT2D eigenvalue weighted by atomic mass is 79.9. The molecular formula is C12H14Br2N2O2. The van der Waals surface area contributed by atoms with Crippen LogP contribution >= 0.6 is 31.9 Å². The third kappa shape index (κ3) is 3.78. The van der Waals surface area contributed by atoms with Gasteiger partial charge in [0.2, 0.25) is 0 Å². The summed E-state index contributed by atoms with van der Waals surface area (Å²) >= 11 is 6.73. The molecule has 98 valence electrons. The summed E-state index contributed by atoms with van der Waals surface area (Å²) in [6, 6.07) is 5.52. The quantitative estimate of drug-likeness (QED) is 0.846. The molecule has 1 heterocycles. The number of hydrogen-bond acceptors (Lipinski definition) is 3. The topological polar surface area (TPSA) is 50.4 Å². The molecule has 1 aliphatic rings. The van der Waals surface area contributed by atoms with E-state index in [9.17, 15) is 4.79 Å². The fraction of sp³-hybridized carbons (Fsp3) is 0.417. The van der Waals surface area contributed by atoms with Gasteiger partial charge in [-0.3, -0.25) is 4.79 Å². The minimum Gasteiger partial charge on any atom is -0.374 e.